The van der Waals surface area contributed by atoms with E-state index in [9.17, 15) is 0 Å². The van der Waals surface area contributed by atoms with Crippen molar-refractivity contribution in [2.45, 2.75) is 31.2 Å². The van der Waals surface area contributed by atoms with Gasteiger partial charge in [-0.25, -0.2) is 4.98 Å². The van der Waals surface area contributed by atoms with Crippen molar-refractivity contribution in [3.8, 4) is 0 Å². The molecule has 0 unspecified atom stereocenters. The zero-order chi connectivity index (χ0) is 9.15. The number of nitrogens with two attached hydrogens (primary N) is 1. The van der Waals surface area contributed by atoms with Crippen molar-refractivity contribution < 1.29 is 0 Å². The quantitative estimate of drug-likeness (QED) is 0.777. The van der Waals surface area contributed by atoms with Gasteiger partial charge < -0.3 is 11.1 Å². The summed E-state index contributed by atoms with van der Waals surface area (Å²) in [5, 5.41) is 6.24. The minimum Gasteiger partial charge on any atom is -0.360 e. The standard InChI is InChI=1S/C9H15N3S/c10-9(3-1-2-4-9)7-12-8-11-5-6-13-8/h5-6H,1-4,7,10H2,(H,11,12). The highest BCUT2D eigenvalue weighted by Crippen LogP contribution is 2.27. The number of rotatable bonds is 3. The number of anilines is 1. The molecule has 1 aromatic heterocycles. The van der Waals surface area contributed by atoms with Crippen molar-refractivity contribution in [2.75, 3.05) is 11.9 Å². The van der Waals surface area contributed by atoms with Crippen molar-refractivity contribution in [1.82, 2.24) is 4.98 Å². The van der Waals surface area contributed by atoms with Gasteiger partial charge in [-0.05, 0) is 12.8 Å². The van der Waals surface area contributed by atoms with Gasteiger partial charge in [0.15, 0.2) is 5.13 Å². The van der Waals surface area contributed by atoms with Crippen LogP contribution in [0.4, 0.5) is 5.13 Å². The number of hydrogen-bond donors (Lipinski definition) is 2. The number of thiazole rings is 1. The lowest BCUT2D eigenvalue weighted by Gasteiger charge is -2.23. The Labute approximate surface area is 82.4 Å². The van der Waals surface area contributed by atoms with E-state index in [2.05, 4.69) is 10.3 Å². The van der Waals surface area contributed by atoms with Crippen molar-refractivity contribution in [1.29, 1.82) is 0 Å². The van der Waals surface area contributed by atoms with Crippen molar-refractivity contribution in [3.05, 3.63) is 11.6 Å². The maximum atomic E-state index is 6.19. The van der Waals surface area contributed by atoms with Gasteiger partial charge in [0.1, 0.15) is 0 Å². The van der Waals surface area contributed by atoms with Gasteiger partial charge in [-0.15, -0.1) is 11.3 Å². The van der Waals surface area contributed by atoms with Crippen LogP contribution in [0.15, 0.2) is 11.6 Å². The van der Waals surface area contributed by atoms with Crippen LogP contribution in [0.25, 0.3) is 0 Å². The second-order valence-corrected chi connectivity index (χ2v) is 4.65. The van der Waals surface area contributed by atoms with E-state index in [0.29, 0.717) is 0 Å². The van der Waals surface area contributed by atoms with E-state index in [0.717, 1.165) is 24.5 Å². The normalized spacial score (nSPS) is 20.4. The fraction of sp³-hybridized carbons (Fsp3) is 0.667. The van der Waals surface area contributed by atoms with Crippen molar-refractivity contribution in [2.24, 2.45) is 5.73 Å². The Hall–Kier alpha value is -0.610. The topological polar surface area (TPSA) is 50.9 Å². The molecule has 1 aliphatic carbocycles. The van der Waals surface area contributed by atoms with Crippen LogP contribution >= 0.6 is 11.3 Å². The summed E-state index contributed by atoms with van der Waals surface area (Å²) in [5.74, 6) is 0. The van der Waals surface area contributed by atoms with Crippen LogP contribution in [0.1, 0.15) is 25.7 Å². The van der Waals surface area contributed by atoms with Crippen molar-refractivity contribution in [3.63, 3.8) is 0 Å². The minimum atomic E-state index is 0.0195. The molecule has 1 saturated carbocycles. The fourth-order valence-corrected chi connectivity index (χ4v) is 2.35. The average Bonchev–Trinajstić information content (AvgIpc) is 2.72. The van der Waals surface area contributed by atoms with Gasteiger partial charge in [0.05, 0.1) is 0 Å². The van der Waals surface area contributed by atoms with Gasteiger partial charge in [-0.3, -0.25) is 0 Å². The summed E-state index contributed by atoms with van der Waals surface area (Å²) in [6.07, 6.45) is 6.65. The van der Waals surface area contributed by atoms with E-state index in [-0.39, 0.29) is 5.54 Å². The molecule has 0 bridgehead atoms. The predicted octanol–water partition coefficient (Wildman–Crippen LogP) is 1.83. The summed E-state index contributed by atoms with van der Waals surface area (Å²) < 4.78 is 0. The highest BCUT2D eigenvalue weighted by molar-refractivity contribution is 7.13. The summed E-state index contributed by atoms with van der Waals surface area (Å²) in [7, 11) is 0. The first-order valence-electron chi connectivity index (χ1n) is 4.71. The molecule has 0 saturated heterocycles. The zero-order valence-electron chi connectivity index (χ0n) is 7.62. The summed E-state index contributed by atoms with van der Waals surface area (Å²) >= 11 is 1.63. The van der Waals surface area contributed by atoms with Crippen LogP contribution in [-0.4, -0.2) is 17.1 Å². The van der Waals surface area contributed by atoms with E-state index < -0.39 is 0 Å². The molecule has 0 aromatic carbocycles. The maximum absolute atomic E-state index is 6.19. The Morgan fingerprint density at radius 3 is 2.92 bits per heavy atom. The van der Waals surface area contributed by atoms with E-state index >= 15 is 0 Å². The summed E-state index contributed by atoms with van der Waals surface area (Å²) in [6, 6.07) is 0. The highest BCUT2D eigenvalue weighted by atomic mass is 32.1. The molecule has 1 aliphatic rings. The monoisotopic (exact) mass is 197 g/mol. The lowest BCUT2D eigenvalue weighted by Crippen LogP contribution is -2.43. The largest absolute Gasteiger partial charge is 0.360 e. The second kappa shape index (κ2) is 3.64. The number of nitrogens with zero attached hydrogens (tertiary/aromatic N) is 1. The molecule has 72 valence electrons. The zero-order valence-corrected chi connectivity index (χ0v) is 8.44. The van der Waals surface area contributed by atoms with Crippen LogP contribution in [-0.2, 0) is 0 Å². The first-order chi connectivity index (χ1) is 6.29. The lowest BCUT2D eigenvalue weighted by atomic mass is 10.00. The van der Waals surface area contributed by atoms with Gasteiger partial charge in [-0.2, -0.15) is 0 Å². The molecule has 1 aromatic rings. The molecule has 0 spiro atoms. The van der Waals surface area contributed by atoms with E-state index in [1.54, 1.807) is 11.3 Å². The molecule has 3 N–H and O–H groups in total. The highest BCUT2D eigenvalue weighted by Gasteiger charge is 2.28. The predicted molar refractivity (Wildman–Crippen MR) is 56.0 cm³/mol. The number of nitrogens with one attached hydrogen (secondary N) is 1. The fourth-order valence-electron chi connectivity index (χ4n) is 1.82. The molecule has 1 fully saturated rings. The average molecular weight is 197 g/mol. The van der Waals surface area contributed by atoms with Crippen LogP contribution in [0.2, 0.25) is 0 Å². The molecule has 0 atom stereocenters. The van der Waals surface area contributed by atoms with Gasteiger partial charge in [0, 0.05) is 23.7 Å². The number of aromatic nitrogens is 1. The SMILES string of the molecule is NC1(CNc2nccs2)CCCC1. The van der Waals surface area contributed by atoms with Crippen LogP contribution in [0.3, 0.4) is 0 Å². The molecule has 0 radical (unpaired) electrons. The smallest absolute Gasteiger partial charge is 0.182 e. The van der Waals surface area contributed by atoms with Gasteiger partial charge in [0.2, 0.25) is 0 Å². The first-order valence-corrected chi connectivity index (χ1v) is 5.59. The molecule has 1 heterocycles. The van der Waals surface area contributed by atoms with Crippen LogP contribution in [0, 0.1) is 0 Å². The molecular weight excluding hydrogens is 182 g/mol. The molecule has 3 nitrogen and oxygen atoms in total. The molecule has 0 aliphatic heterocycles. The Balaban J connectivity index is 1.85. The van der Waals surface area contributed by atoms with E-state index in [1.165, 1.54) is 12.8 Å². The summed E-state index contributed by atoms with van der Waals surface area (Å²) in [6.45, 7) is 0.862. The first kappa shape index (κ1) is 8.97. The summed E-state index contributed by atoms with van der Waals surface area (Å²) in [5.41, 5.74) is 6.21. The Morgan fingerprint density at radius 2 is 2.31 bits per heavy atom. The Kier molecular flexibility index (Phi) is 2.51. The molecule has 0 amide bonds. The Bertz CT molecular complexity index is 252. The minimum absolute atomic E-state index is 0.0195. The molecular formula is C9H15N3S. The van der Waals surface area contributed by atoms with Gasteiger partial charge in [0.25, 0.3) is 0 Å². The third kappa shape index (κ3) is 2.19. The van der Waals surface area contributed by atoms with Crippen LogP contribution < -0.4 is 11.1 Å². The van der Waals surface area contributed by atoms with E-state index in [4.69, 9.17) is 5.73 Å². The molecule has 4 heteroatoms. The number of hydrogen-bond acceptors (Lipinski definition) is 4. The van der Waals surface area contributed by atoms with Gasteiger partial charge >= 0.3 is 0 Å². The maximum Gasteiger partial charge on any atom is 0.182 e. The Morgan fingerprint density at radius 1 is 1.54 bits per heavy atom. The third-order valence-electron chi connectivity index (χ3n) is 2.62. The third-order valence-corrected chi connectivity index (χ3v) is 3.35. The van der Waals surface area contributed by atoms with Crippen molar-refractivity contribution >= 4 is 16.5 Å². The molecule has 2 rings (SSSR count). The molecule has 13 heavy (non-hydrogen) atoms. The second-order valence-electron chi connectivity index (χ2n) is 3.76. The van der Waals surface area contributed by atoms with Gasteiger partial charge in [-0.1, -0.05) is 12.8 Å². The van der Waals surface area contributed by atoms with E-state index in [1.807, 2.05) is 11.6 Å². The van der Waals surface area contributed by atoms with Crippen LogP contribution in [0.5, 0.6) is 0 Å². The lowest BCUT2D eigenvalue weighted by molar-refractivity contribution is 0.464. The summed E-state index contributed by atoms with van der Waals surface area (Å²) in [4.78, 5) is 4.16.